The summed E-state index contributed by atoms with van der Waals surface area (Å²) in [5.74, 6) is -0.532. The molecule has 0 unspecified atom stereocenters. The first kappa shape index (κ1) is 20.4. The van der Waals surface area contributed by atoms with Crippen molar-refractivity contribution >= 4 is 11.5 Å². The van der Waals surface area contributed by atoms with Crippen molar-refractivity contribution in [3.8, 4) is 11.5 Å². The van der Waals surface area contributed by atoms with Gasteiger partial charge in [0.15, 0.2) is 0 Å². The first-order valence-corrected chi connectivity index (χ1v) is 10.3. The fourth-order valence-electron chi connectivity index (χ4n) is 4.21. The fraction of sp³-hybridized carbons (Fsp3) is 0.375. The predicted octanol–water partition coefficient (Wildman–Crippen LogP) is 3.03. The summed E-state index contributed by atoms with van der Waals surface area (Å²) in [7, 11) is 2.16. The standard InChI is InChI=1S/C24H29N3O3/c1-16(2)20-11-21(23(29)12-22(20)28)24(30)27-14-18-5-4-17(10-19(18)15-27)13-26-8-6-25(3)7-9-26/h4-5,10-12,28-29H,1,6-9,13-15H2,2-3H3. The second-order valence-corrected chi connectivity index (χ2v) is 8.51. The Morgan fingerprint density at radius 1 is 0.967 bits per heavy atom. The molecule has 2 aliphatic heterocycles. The monoisotopic (exact) mass is 407 g/mol. The highest BCUT2D eigenvalue weighted by Crippen LogP contribution is 2.34. The van der Waals surface area contributed by atoms with Crippen LogP contribution in [-0.2, 0) is 19.6 Å². The van der Waals surface area contributed by atoms with Crippen molar-refractivity contribution in [2.24, 2.45) is 0 Å². The number of piperazine rings is 1. The van der Waals surface area contributed by atoms with E-state index < -0.39 is 0 Å². The van der Waals surface area contributed by atoms with Crippen molar-refractivity contribution in [1.82, 2.24) is 14.7 Å². The quantitative estimate of drug-likeness (QED) is 0.816. The molecule has 1 fully saturated rings. The lowest BCUT2D eigenvalue weighted by Gasteiger charge is -2.32. The van der Waals surface area contributed by atoms with Gasteiger partial charge in [-0.25, -0.2) is 0 Å². The van der Waals surface area contributed by atoms with Crippen molar-refractivity contribution in [3.63, 3.8) is 0 Å². The molecule has 6 nitrogen and oxygen atoms in total. The number of phenolic OH excluding ortho intramolecular Hbond substituents is 2. The molecular weight excluding hydrogens is 378 g/mol. The number of rotatable bonds is 4. The minimum atomic E-state index is -0.244. The highest BCUT2D eigenvalue weighted by atomic mass is 16.3. The normalized spacial score (nSPS) is 17.2. The smallest absolute Gasteiger partial charge is 0.258 e. The second kappa shape index (κ2) is 8.13. The van der Waals surface area contributed by atoms with Gasteiger partial charge < -0.3 is 20.0 Å². The third-order valence-corrected chi connectivity index (χ3v) is 6.09. The van der Waals surface area contributed by atoms with Crippen LogP contribution < -0.4 is 0 Å². The zero-order chi connectivity index (χ0) is 21.4. The van der Waals surface area contributed by atoms with E-state index in [1.165, 1.54) is 17.7 Å². The van der Waals surface area contributed by atoms with Crippen LogP contribution >= 0.6 is 0 Å². The lowest BCUT2D eigenvalue weighted by atomic mass is 10.0. The minimum Gasteiger partial charge on any atom is -0.507 e. The topological polar surface area (TPSA) is 67.3 Å². The third-order valence-electron chi connectivity index (χ3n) is 6.09. The summed E-state index contributed by atoms with van der Waals surface area (Å²) < 4.78 is 0. The molecule has 0 spiro atoms. The van der Waals surface area contributed by atoms with Crippen molar-refractivity contribution in [1.29, 1.82) is 0 Å². The van der Waals surface area contributed by atoms with Crippen molar-refractivity contribution in [3.05, 3.63) is 64.7 Å². The van der Waals surface area contributed by atoms with E-state index in [-0.39, 0.29) is 23.0 Å². The number of allylic oxidation sites excluding steroid dienone is 1. The number of likely N-dealkylation sites (N-methyl/N-ethyl adjacent to an activating group) is 1. The van der Waals surface area contributed by atoms with Gasteiger partial charge >= 0.3 is 0 Å². The van der Waals surface area contributed by atoms with Gasteiger partial charge in [-0.3, -0.25) is 9.69 Å². The Morgan fingerprint density at radius 2 is 1.63 bits per heavy atom. The molecule has 6 heteroatoms. The first-order valence-electron chi connectivity index (χ1n) is 10.3. The van der Waals surface area contributed by atoms with Crippen LogP contribution in [0.5, 0.6) is 11.5 Å². The maximum atomic E-state index is 13.1. The van der Waals surface area contributed by atoms with Gasteiger partial charge in [-0.2, -0.15) is 0 Å². The molecule has 2 aliphatic rings. The summed E-state index contributed by atoms with van der Waals surface area (Å²) in [6.45, 7) is 11.9. The van der Waals surface area contributed by atoms with Crippen LogP contribution in [-0.4, -0.2) is 64.0 Å². The van der Waals surface area contributed by atoms with E-state index in [0.717, 1.165) is 43.9 Å². The van der Waals surface area contributed by atoms with Crippen molar-refractivity contribution in [2.45, 2.75) is 26.6 Å². The van der Waals surface area contributed by atoms with E-state index in [4.69, 9.17) is 0 Å². The van der Waals surface area contributed by atoms with Crippen molar-refractivity contribution in [2.75, 3.05) is 33.2 Å². The van der Waals surface area contributed by atoms with Gasteiger partial charge in [0, 0.05) is 57.4 Å². The maximum Gasteiger partial charge on any atom is 0.258 e. The molecule has 2 aromatic carbocycles. The predicted molar refractivity (Wildman–Crippen MR) is 117 cm³/mol. The lowest BCUT2D eigenvalue weighted by molar-refractivity contribution is 0.0748. The van der Waals surface area contributed by atoms with E-state index in [1.807, 2.05) is 0 Å². The fourth-order valence-corrected chi connectivity index (χ4v) is 4.21. The number of hydrogen-bond donors (Lipinski definition) is 2. The molecule has 1 amide bonds. The molecule has 0 atom stereocenters. The maximum absolute atomic E-state index is 13.1. The summed E-state index contributed by atoms with van der Waals surface area (Å²) in [6.07, 6.45) is 0. The molecule has 1 saturated heterocycles. The Hall–Kier alpha value is -2.83. The van der Waals surface area contributed by atoms with Gasteiger partial charge in [-0.1, -0.05) is 24.8 Å². The number of carbonyl (C=O) groups excluding carboxylic acids is 1. The van der Waals surface area contributed by atoms with Crippen molar-refractivity contribution < 1.29 is 15.0 Å². The van der Waals surface area contributed by atoms with Crippen LogP contribution in [0.25, 0.3) is 5.57 Å². The van der Waals surface area contributed by atoms with E-state index >= 15 is 0 Å². The summed E-state index contributed by atoms with van der Waals surface area (Å²) in [4.78, 5) is 19.6. The van der Waals surface area contributed by atoms with Gasteiger partial charge in [0.05, 0.1) is 5.56 Å². The molecule has 0 radical (unpaired) electrons. The van der Waals surface area contributed by atoms with Gasteiger partial charge in [0.25, 0.3) is 5.91 Å². The number of phenols is 2. The number of benzene rings is 2. The van der Waals surface area contributed by atoms with Crippen LogP contribution in [0.3, 0.4) is 0 Å². The van der Waals surface area contributed by atoms with Gasteiger partial charge in [-0.15, -0.1) is 0 Å². The average Bonchev–Trinajstić information content (AvgIpc) is 3.12. The van der Waals surface area contributed by atoms with E-state index in [9.17, 15) is 15.0 Å². The van der Waals surface area contributed by atoms with Gasteiger partial charge in [0.1, 0.15) is 11.5 Å². The highest BCUT2D eigenvalue weighted by Gasteiger charge is 2.27. The number of aromatic hydroxyl groups is 2. The highest BCUT2D eigenvalue weighted by molar-refractivity contribution is 5.98. The molecular formula is C24H29N3O3. The zero-order valence-corrected chi connectivity index (χ0v) is 17.7. The number of hydrogen-bond acceptors (Lipinski definition) is 5. The Kier molecular flexibility index (Phi) is 5.54. The molecule has 4 rings (SSSR count). The van der Waals surface area contributed by atoms with Crippen LogP contribution in [0.4, 0.5) is 0 Å². The molecule has 158 valence electrons. The largest absolute Gasteiger partial charge is 0.507 e. The Morgan fingerprint density at radius 3 is 2.33 bits per heavy atom. The van der Waals surface area contributed by atoms with Crippen LogP contribution in [0, 0.1) is 0 Å². The van der Waals surface area contributed by atoms with Gasteiger partial charge in [-0.05, 0) is 42.3 Å². The van der Waals surface area contributed by atoms with E-state index in [1.54, 1.807) is 11.8 Å². The lowest BCUT2D eigenvalue weighted by Crippen LogP contribution is -2.43. The van der Waals surface area contributed by atoms with E-state index in [2.05, 4.69) is 41.6 Å². The van der Waals surface area contributed by atoms with Crippen LogP contribution in [0.15, 0.2) is 36.9 Å². The van der Waals surface area contributed by atoms with Crippen LogP contribution in [0.2, 0.25) is 0 Å². The Labute approximate surface area is 177 Å². The molecule has 2 aromatic rings. The Bertz CT molecular complexity index is 993. The molecule has 0 aromatic heterocycles. The molecule has 0 aliphatic carbocycles. The number of fused-ring (bicyclic) bond motifs is 1. The molecule has 2 heterocycles. The Balaban J connectivity index is 1.49. The SMILES string of the molecule is C=C(C)c1cc(C(=O)N2Cc3ccc(CN4CCN(C)CC4)cc3C2)c(O)cc1O. The summed E-state index contributed by atoms with van der Waals surface area (Å²) >= 11 is 0. The number of amides is 1. The zero-order valence-electron chi connectivity index (χ0n) is 17.7. The number of carbonyl (C=O) groups is 1. The van der Waals surface area contributed by atoms with Crippen LogP contribution in [0.1, 0.15) is 39.5 Å². The average molecular weight is 408 g/mol. The number of nitrogens with zero attached hydrogens (tertiary/aromatic N) is 3. The summed E-state index contributed by atoms with van der Waals surface area (Å²) in [5.41, 5.74) is 4.88. The van der Waals surface area contributed by atoms with E-state index in [0.29, 0.717) is 24.2 Å². The molecule has 30 heavy (non-hydrogen) atoms. The molecule has 2 N–H and O–H groups in total. The summed E-state index contributed by atoms with van der Waals surface area (Å²) in [6, 6.07) is 9.22. The molecule has 0 saturated carbocycles. The van der Waals surface area contributed by atoms with Gasteiger partial charge in [0.2, 0.25) is 0 Å². The second-order valence-electron chi connectivity index (χ2n) is 8.51. The minimum absolute atomic E-state index is 0.0743. The first-order chi connectivity index (χ1) is 14.3. The summed E-state index contributed by atoms with van der Waals surface area (Å²) in [5, 5.41) is 20.2. The third kappa shape index (κ3) is 4.06. The molecule has 0 bridgehead atoms.